The van der Waals surface area contributed by atoms with Gasteiger partial charge >= 0.3 is 6.03 Å². The summed E-state index contributed by atoms with van der Waals surface area (Å²) < 4.78 is 18.6. The fourth-order valence-corrected chi connectivity index (χ4v) is 1.68. The molecule has 0 radical (unpaired) electrons. The van der Waals surface area contributed by atoms with Crippen LogP contribution in [-0.4, -0.2) is 24.6 Å². The zero-order chi connectivity index (χ0) is 14.0. The number of carbonyl (C=O) groups excluding carboxylic acids is 2. The molecule has 7 heteroatoms. The van der Waals surface area contributed by atoms with Gasteiger partial charge in [-0.05, 0) is 13.8 Å². The second-order valence-electron chi connectivity index (χ2n) is 4.42. The number of ether oxygens (including phenoxy) is 1. The number of anilines is 2. The molecule has 6 nitrogen and oxygen atoms in total. The zero-order valence-electron chi connectivity index (χ0n) is 10.5. The van der Waals surface area contributed by atoms with E-state index in [2.05, 4.69) is 16.0 Å². The van der Waals surface area contributed by atoms with E-state index in [1.54, 1.807) is 13.8 Å². The van der Waals surface area contributed by atoms with Gasteiger partial charge in [-0.2, -0.15) is 0 Å². The first kappa shape index (κ1) is 13.1. The van der Waals surface area contributed by atoms with Gasteiger partial charge in [0.05, 0.1) is 11.4 Å². The maximum atomic E-state index is 13.4. The molecule has 2 rings (SSSR count). The molecule has 0 fully saturated rings. The Morgan fingerprint density at radius 3 is 2.89 bits per heavy atom. The molecule has 19 heavy (non-hydrogen) atoms. The standard InChI is InChI=1S/C12H14FN3O3/c1-6(2)14-12(18)16-9-4-7(13)3-8-11(9)19-5-10(17)15-8/h3-4,6H,5H2,1-2H3,(H,15,17)(H2,14,16,18). The third kappa shape index (κ3) is 3.12. The van der Waals surface area contributed by atoms with E-state index in [0.717, 1.165) is 12.1 Å². The number of rotatable bonds is 2. The summed E-state index contributed by atoms with van der Waals surface area (Å²) >= 11 is 0. The largest absolute Gasteiger partial charge is 0.479 e. The molecule has 3 N–H and O–H groups in total. The Balaban J connectivity index is 2.25. The van der Waals surface area contributed by atoms with Gasteiger partial charge in [-0.1, -0.05) is 0 Å². The van der Waals surface area contributed by atoms with Gasteiger partial charge in [0.2, 0.25) is 0 Å². The lowest BCUT2D eigenvalue weighted by Crippen LogP contribution is -2.34. The molecule has 0 unspecified atom stereocenters. The van der Waals surface area contributed by atoms with Gasteiger partial charge in [0.15, 0.2) is 12.4 Å². The maximum Gasteiger partial charge on any atom is 0.319 e. The Bertz CT molecular complexity index is 531. The van der Waals surface area contributed by atoms with Crippen molar-refractivity contribution < 1.29 is 18.7 Å². The lowest BCUT2D eigenvalue weighted by Gasteiger charge is -2.21. The van der Waals surface area contributed by atoms with E-state index < -0.39 is 11.8 Å². The number of benzene rings is 1. The minimum atomic E-state index is -0.579. The lowest BCUT2D eigenvalue weighted by atomic mass is 10.2. The molecule has 0 aliphatic carbocycles. The lowest BCUT2D eigenvalue weighted by molar-refractivity contribution is -0.118. The van der Waals surface area contributed by atoms with Gasteiger partial charge in [-0.15, -0.1) is 0 Å². The van der Waals surface area contributed by atoms with Gasteiger partial charge in [0.1, 0.15) is 5.82 Å². The van der Waals surface area contributed by atoms with Crippen LogP contribution in [0.3, 0.4) is 0 Å². The smallest absolute Gasteiger partial charge is 0.319 e. The molecule has 0 spiro atoms. The van der Waals surface area contributed by atoms with Crippen molar-refractivity contribution in [2.24, 2.45) is 0 Å². The number of hydrogen-bond donors (Lipinski definition) is 3. The molecule has 1 aromatic carbocycles. The number of urea groups is 1. The molecule has 1 aliphatic rings. The second kappa shape index (κ2) is 5.13. The number of nitrogens with one attached hydrogen (secondary N) is 3. The van der Waals surface area contributed by atoms with E-state index in [4.69, 9.17) is 4.74 Å². The number of hydrogen-bond acceptors (Lipinski definition) is 3. The highest BCUT2D eigenvalue weighted by molar-refractivity contribution is 5.99. The van der Waals surface area contributed by atoms with Crippen molar-refractivity contribution in [3.63, 3.8) is 0 Å². The summed E-state index contributed by atoms with van der Waals surface area (Å²) in [6, 6.07) is 1.75. The summed E-state index contributed by atoms with van der Waals surface area (Å²) in [6.45, 7) is 3.44. The van der Waals surface area contributed by atoms with Gasteiger partial charge in [-0.3, -0.25) is 4.79 Å². The highest BCUT2D eigenvalue weighted by Gasteiger charge is 2.21. The van der Waals surface area contributed by atoms with E-state index in [0.29, 0.717) is 0 Å². The second-order valence-corrected chi connectivity index (χ2v) is 4.42. The fraction of sp³-hybridized carbons (Fsp3) is 0.333. The van der Waals surface area contributed by atoms with Gasteiger partial charge in [0.25, 0.3) is 5.91 Å². The fourth-order valence-electron chi connectivity index (χ4n) is 1.68. The molecule has 0 saturated carbocycles. The normalized spacial score (nSPS) is 13.4. The number of carbonyl (C=O) groups is 2. The Hall–Kier alpha value is -2.31. The molecular formula is C12H14FN3O3. The van der Waals surface area contributed by atoms with Crippen LogP contribution in [0.1, 0.15) is 13.8 Å². The predicted octanol–water partition coefficient (Wildman–Crippen LogP) is 1.69. The molecule has 0 aromatic heterocycles. The highest BCUT2D eigenvalue weighted by Crippen LogP contribution is 2.36. The first-order valence-corrected chi connectivity index (χ1v) is 5.79. The van der Waals surface area contributed by atoms with Gasteiger partial charge < -0.3 is 20.7 Å². The molecule has 0 saturated heterocycles. The van der Waals surface area contributed by atoms with Crippen LogP contribution in [-0.2, 0) is 4.79 Å². The summed E-state index contributed by atoms with van der Waals surface area (Å²) in [5.41, 5.74) is 0.379. The van der Waals surface area contributed by atoms with E-state index in [-0.39, 0.29) is 35.7 Å². The van der Waals surface area contributed by atoms with Crippen LogP contribution < -0.4 is 20.7 Å². The molecule has 3 amide bonds. The summed E-state index contributed by atoms with van der Waals surface area (Å²) in [4.78, 5) is 22.8. The van der Waals surface area contributed by atoms with Crippen LogP contribution in [0.15, 0.2) is 12.1 Å². The van der Waals surface area contributed by atoms with E-state index in [1.165, 1.54) is 0 Å². The Labute approximate surface area is 109 Å². The van der Waals surface area contributed by atoms with Crippen LogP contribution in [0.25, 0.3) is 0 Å². The average molecular weight is 267 g/mol. The van der Waals surface area contributed by atoms with Crippen molar-refractivity contribution in [3.8, 4) is 5.75 Å². The first-order valence-electron chi connectivity index (χ1n) is 5.79. The molecular weight excluding hydrogens is 253 g/mol. The maximum absolute atomic E-state index is 13.4. The summed E-state index contributed by atoms with van der Waals surface area (Å²) in [5, 5.41) is 7.58. The summed E-state index contributed by atoms with van der Waals surface area (Å²) in [7, 11) is 0. The quantitative estimate of drug-likeness (QED) is 0.762. The molecule has 1 aliphatic heterocycles. The topological polar surface area (TPSA) is 79.5 Å². The van der Waals surface area contributed by atoms with E-state index in [9.17, 15) is 14.0 Å². The highest BCUT2D eigenvalue weighted by atomic mass is 19.1. The third-order valence-electron chi connectivity index (χ3n) is 2.34. The summed E-state index contributed by atoms with van der Waals surface area (Å²) in [6.07, 6.45) is 0. The van der Waals surface area contributed by atoms with Crippen molar-refractivity contribution in [2.45, 2.75) is 19.9 Å². The predicted molar refractivity (Wildman–Crippen MR) is 67.8 cm³/mol. The minimum Gasteiger partial charge on any atom is -0.479 e. The SMILES string of the molecule is CC(C)NC(=O)Nc1cc(F)cc2c1OCC(=O)N2. The average Bonchev–Trinajstić information content (AvgIpc) is 2.26. The van der Waals surface area contributed by atoms with Crippen LogP contribution >= 0.6 is 0 Å². The van der Waals surface area contributed by atoms with Crippen LogP contribution in [0, 0.1) is 5.82 Å². The van der Waals surface area contributed by atoms with Gasteiger partial charge in [-0.25, -0.2) is 9.18 Å². The zero-order valence-corrected chi connectivity index (χ0v) is 10.5. The van der Waals surface area contributed by atoms with E-state index in [1.807, 2.05) is 0 Å². The van der Waals surface area contributed by atoms with Crippen molar-refractivity contribution >= 4 is 23.3 Å². The van der Waals surface area contributed by atoms with Crippen molar-refractivity contribution in [1.29, 1.82) is 0 Å². The van der Waals surface area contributed by atoms with Crippen molar-refractivity contribution in [1.82, 2.24) is 5.32 Å². The number of halogens is 1. The Morgan fingerprint density at radius 2 is 2.21 bits per heavy atom. The monoisotopic (exact) mass is 267 g/mol. The van der Waals surface area contributed by atoms with Crippen LogP contribution in [0.5, 0.6) is 5.75 Å². The molecule has 102 valence electrons. The molecule has 1 heterocycles. The first-order chi connectivity index (χ1) is 8.95. The molecule has 1 aromatic rings. The number of amides is 3. The van der Waals surface area contributed by atoms with Crippen molar-refractivity contribution in [3.05, 3.63) is 17.9 Å². The third-order valence-corrected chi connectivity index (χ3v) is 2.34. The Kier molecular flexibility index (Phi) is 3.55. The van der Waals surface area contributed by atoms with Crippen LogP contribution in [0.4, 0.5) is 20.6 Å². The van der Waals surface area contributed by atoms with Crippen LogP contribution in [0.2, 0.25) is 0 Å². The van der Waals surface area contributed by atoms with Gasteiger partial charge in [0, 0.05) is 18.2 Å². The molecule has 0 atom stereocenters. The number of fused-ring (bicyclic) bond motifs is 1. The molecule has 0 bridgehead atoms. The minimum absolute atomic E-state index is 0.0509. The Morgan fingerprint density at radius 1 is 1.47 bits per heavy atom. The summed E-state index contributed by atoms with van der Waals surface area (Å²) in [5.74, 6) is -0.694. The van der Waals surface area contributed by atoms with Crippen molar-refractivity contribution in [2.75, 3.05) is 17.2 Å². The van der Waals surface area contributed by atoms with E-state index >= 15 is 0 Å².